The van der Waals surface area contributed by atoms with Crippen molar-refractivity contribution in [3.05, 3.63) is 29.8 Å². The highest BCUT2D eigenvalue weighted by atomic mass is 19.4. The summed E-state index contributed by atoms with van der Waals surface area (Å²) in [5.41, 5.74) is -1.54. The fourth-order valence-electron chi connectivity index (χ4n) is 1.82. The third kappa shape index (κ3) is 5.46. The molecule has 0 radical (unpaired) electrons. The minimum absolute atomic E-state index is 0.0325. The molecule has 0 fully saturated rings. The minimum atomic E-state index is -4.51. The van der Waals surface area contributed by atoms with Crippen LogP contribution in [0.1, 0.15) is 26.3 Å². The van der Waals surface area contributed by atoms with Crippen molar-refractivity contribution in [2.24, 2.45) is 5.41 Å². The summed E-state index contributed by atoms with van der Waals surface area (Å²) in [5, 5.41) is 4.69. The molecule has 0 saturated carbocycles. The molecule has 0 spiro atoms. The molecule has 0 aliphatic heterocycles. The van der Waals surface area contributed by atoms with Crippen LogP contribution in [0.5, 0.6) is 0 Å². The molecule has 8 heteroatoms. The van der Waals surface area contributed by atoms with Crippen LogP contribution in [0, 0.1) is 5.41 Å². The topological polar surface area (TPSA) is 67.4 Å². The van der Waals surface area contributed by atoms with Crippen molar-refractivity contribution in [3.8, 4) is 0 Å². The van der Waals surface area contributed by atoms with Crippen LogP contribution in [0.15, 0.2) is 24.3 Å². The molecule has 0 unspecified atom stereocenters. The van der Waals surface area contributed by atoms with Crippen LogP contribution in [-0.2, 0) is 15.7 Å². The molecule has 0 aliphatic rings. The van der Waals surface area contributed by atoms with Crippen molar-refractivity contribution in [1.29, 1.82) is 0 Å². The number of ether oxygens (including phenoxy) is 1. The summed E-state index contributed by atoms with van der Waals surface area (Å²) >= 11 is 0. The first kappa shape index (κ1) is 18.8. The Morgan fingerprint density at radius 2 is 1.78 bits per heavy atom. The van der Waals surface area contributed by atoms with Crippen LogP contribution in [-0.4, -0.2) is 25.2 Å². The number of hydrogen-bond acceptors (Lipinski definition) is 3. The Morgan fingerprint density at radius 3 is 2.26 bits per heavy atom. The Kier molecular flexibility index (Phi) is 5.63. The maximum absolute atomic E-state index is 12.6. The monoisotopic (exact) mass is 332 g/mol. The number of carbonyl (C=O) groups excluding carboxylic acids is 2. The minimum Gasteiger partial charge on any atom is -0.467 e. The number of halogens is 3. The van der Waals surface area contributed by atoms with Crippen LogP contribution < -0.4 is 10.6 Å². The van der Waals surface area contributed by atoms with E-state index < -0.39 is 35.2 Å². The summed E-state index contributed by atoms with van der Waals surface area (Å²) in [6.07, 6.45) is -4.51. The number of methoxy groups -OCH3 is 1. The summed E-state index contributed by atoms with van der Waals surface area (Å²) in [5.74, 6) is -0.642. The van der Waals surface area contributed by atoms with Gasteiger partial charge in [-0.25, -0.2) is 9.59 Å². The van der Waals surface area contributed by atoms with Crippen LogP contribution in [0.25, 0.3) is 0 Å². The normalized spacial score (nSPS) is 13.2. The van der Waals surface area contributed by atoms with Crippen LogP contribution in [0.3, 0.4) is 0 Å². The molecule has 1 atom stereocenters. The number of anilines is 1. The first-order chi connectivity index (χ1) is 10.4. The second-order valence-corrected chi connectivity index (χ2v) is 6.00. The zero-order valence-electron chi connectivity index (χ0n) is 13.2. The van der Waals surface area contributed by atoms with Gasteiger partial charge in [-0.15, -0.1) is 0 Å². The van der Waals surface area contributed by atoms with Crippen LogP contribution >= 0.6 is 0 Å². The van der Waals surface area contributed by atoms with Crippen LogP contribution in [0.4, 0.5) is 23.7 Å². The summed E-state index contributed by atoms with van der Waals surface area (Å²) in [6, 6.07) is 2.46. The summed E-state index contributed by atoms with van der Waals surface area (Å²) < 4.78 is 42.5. The molecule has 0 bridgehead atoms. The molecular formula is C15H19F3N2O3. The maximum atomic E-state index is 12.6. The number of amides is 2. The van der Waals surface area contributed by atoms with Gasteiger partial charge in [0.2, 0.25) is 0 Å². The van der Waals surface area contributed by atoms with E-state index in [1.54, 1.807) is 20.8 Å². The van der Waals surface area contributed by atoms with E-state index in [2.05, 4.69) is 15.4 Å². The zero-order chi connectivity index (χ0) is 17.8. The van der Waals surface area contributed by atoms with Gasteiger partial charge in [-0.2, -0.15) is 13.2 Å². The predicted octanol–water partition coefficient (Wildman–Crippen LogP) is 3.41. The molecule has 0 aliphatic carbocycles. The quantitative estimate of drug-likeness (QED) is 0.834. The largest absolute Gasteiger partial charge is 0.467 e. The van der Waals surface area contributed by atoms with E-state index in [0.29, 0.717) is 0 Å². The molecule has 23 heavy (non-hydrogen) atoms. The molecule has 5 nitrogen and oxygen atoms in total. The van der Waals surface area contributed by atoms with Gasteiger partial charge in [0, 0.05) is 5.69 Å². The van der Waals surface area contributed by atoms with E-state index in [9.17, 15) is 22.8 Å². The number of esters is 1. The van der Waals surface area contributed by atoms with Gasteiger partial charge < -0.3 is 15.4 Å². The zero-order valence-corrected chi connectivity index (χ0v) is 13.2. The van der Waals surface area contributed by atoms with Gasteiger partial charge in [-0.1, -0.05) is 26.8 Å². The standard InChI is InChI=1S/C15H19F3N2O3/c1-14(2,3)11(12(21)23-4)20-13(22)19-10-7-5-6-9(8-10)15(16,17)18/h5-8,11H,1-4H3,(H2,19,20,22)/t11-/m1/s1. The number of carbonyl (C=O) groups is 2. The van der Waals surface area contributed by atoms with E-state index in [-0.39, 0.29) is 5.69 Å². The molecule has 0 saturated heterocycles. The first-order valence-corrected chi connectivity index (χ1v) is 6.77. The average Bonchev–Trinajstić information content (AvgIpc) is 2.42. The van der Waals surface area contributed by atoms with E-state index >= 15 is 0 Å². The predicted molar refractivity (Wildman–Crippen MR) is 78.9 cm³/mol. The van der Waals surface area contributed by atoms with Gasteiger partial charge in [0.05, 0.1) is 12.7 Å². The van der Waals surface area contributed by atoms with Gasteiger partial charge in [-0.05, 0) is 23.6 Å². The maximum Gasteiger partial charge on any atom is 0.416 e. The molecular weight excluding hydrogens is 313 g/mol. The summed E-state index contributed by atoms with van der Waals surface area (Å²) in [6.45, 7) is 5.16. The number of rotatable bonds is 3. The highest BCUT2D eigenvalue weighted by Crippen LogP contribution is 2.30. The molecule has 0 aromatic heterocycles. The lowest BCUT2D eigenvalue weighted by molar-refractivity contribution is -0.145. The molecule has 2 amide bonds. The number of nitrogens with one attached hydrogen (secondary N) is 2. The van der Waals surface area contributed by atoms with Crippen molar-refractivity contribution >= 4 is 17.7 Å². The van der Waals surface area contributed by atoms with Crippen molar-refractivity contribution in [2.75, 3.05) is 12.4 Å². The summed E-state index contributed by atoms with van der Waals surface area (Å²) in [4.78, 5) is 23.7. The molecule has 2 N–H and O–H groups in total. The average molecular weight is 332 g/mol. The fraction of sp³-hybridized carbons (Fsp3) is 0.467. The van der Waals surface area contributed by atoms with Crippen molar-refractivity contribution in [1.82, 2.24) is 5.32 Å². The Balaban J connectivity index is 2.85. The molecule has 128 valence electrons. The number of alkyl halides is 3. The van der Waals surface area contributed by atoms with Gasteiger partial charge in [0.25, 0.3) is 0 Å². The van der Waals surface area contributed by atoms with Crippen molar-refractivity contribution in [3.63, 3.8) is 0 Å². The number of benzene rings is 1. The van der Waals surface area contributed by atoms with Crippen molar-refractivity contribution in [2.45, 2.75) is 33.0 Å². The number of urea groups is 1. The second-order valence-electron chi connectivity index (χ2n) is 6.00. The Hall–Kier alpha value is -2.25. The number of hydrogen-bond donors (Lipinski definition) is 2. The third-order valence-electron chi connectivity index (χ3n) is 3.03. The van der Waals surface area contributed by atoms with E-state index in [0.717, 1.165) is 12.1 Å². The van der Waals surface area contributed by atoms with Gasteiger partial charge in [-0.3, -0.25) is 0 Å². The Morgan fingerprint density at radius 1 is 1.17 bits per heavy atom. The van der Waals surface area contributed by atoms with Crippen molar-refractivity contribution < 1.29 is 27.5 Å². The van der Waals surface area contributed by atoms with E-state index in [4.69, 9.17) is 0 Å². The first-order valence-electron chi connectivity index (χ1n) is 6.77. The highest BCUT2D eigenvalue weighted by molar-refractivity contribution is 5.92. The Bertz CT molecular complexity index is 580. The van der Waals surface area contributed by atoms with Gasteiger partial charge in [0.15, 0.2) is 0 Å². The second kappa shape index (κ2) is 6.89. The Labute approximate surface area is 132 Å². The molecule has 0 heterocycles. The smallest absolute Gasteiger partial charge is 0.416 e. The van der Waals surface area contributed by atoms with Gasteiger partial charge >= 0.3 is 18.2 Å². The van der Waals surface area contributed by atoms with E-state index in [1.165, 1.54) is 19.2 Å². The lowest BCUT2D eigenvalue weighted by Gasteiger charge is -2.29. The highest BCUT2D eigenvalue weighted by Gasteiger charge is 2.34. The molecule has 1 aromatic rings. The summed E-state index contributed by atoms with van der Waals surface area (Å²) in [7, 11) is 1.19. The van der Waals surface area contributed by atoms with E-state index in [1.807, 2.05) is 0 Å². The molecule has 1 aromatic carbocycles. The SMILES string of the molecule is COC(=O)[C@@H](NC(=O)Nc1cccc(C(F)(F)F)c1)C(C)(C)C. The fourth-order valence-corrected chi connectivity index (χ4v) is 1.82. The van der Waals surface area contributed by atoms with Gasteiger partial charge in [0.1, 0.15) is 6.04 Å². The third-order valence-corrected chi connectivity index (χ3v) is 3.03. The molecule has 1 rings (SSSR count). The lowest BCUT2D eigenvalue weighted by Crippen LogP contribution is -2.51. The van der Waals surface area contributed by atoms with Crippen LogP contribution in [0.2, 0.25) is 0 Å². The lowest BCUT2D eigenvalue weighted by atomic mass is 9.87.